The Balaban J connectivity index is 2.22. The smallest absolute Gasteiger partial charge is 0.407 e. The molecule has 1 amide bonds. The van der Waals surface area contributed by atoms with Crippen molar-refractivity contribution in [2.75, 3.05) is 6.54 Å². The molecule has 1 aliphatic heterocycles. The molecule has 11 heteroatoms. The van der Waals surface area contributed by atoms with E-state index in [-0.39, 0.29) is 23.4 Å². The maximum absolute atomic E-state index is 12.7. The van der Waals surface area contributed by atoms with Gasteiger partial charge in [0.2, 0.25) is 0 Å². The fourth-order valence-electron chi connectivity index (χ4n) is 3.35. The molecule has 0 unspecified atom stereocenters. The van der Waals surface area contributed by atoms with E-state index in [1.165, 1.54) is 0 Å². The first-order valence-corrected chi connectivity index (χ1v) is 9.44. The van der Waals surface area contributed by atoms with Gasteiger partial charge < -0.3 is 15.1 Å². The van der Waals surface area contributed by atoms with Crippen LogP contribution in [0.4, 0.5) is 10.5 Å². The van der Waals surface area contributed by atoms with Crippen molar-refractivity contribution in [3.8, 4) is 0 Å². The van der Waals surface area contributed by atoms with Crippen LogP contribution >= 0.6 is 0 Å². The Hall–Kier alpha value is -2.69. The summed E-state index contributed by atoms with van der Waals surface area (Å²) < 4.78 is 25.4. The van der Waals surface area contributed by atoms with Crippen molar-refractivity contribution in [3.05, 3.63) is 33.9 Å². The zero-order valence-electron chi connectivity index (χ0n) is 13.4. The normalized spacial score (nSPS) is 23.0. The Morgan fingerprint density at radius 3 is 2.35 bits per heavy atom. The van der Waals surface area contributed by atoms with Crippen molar-refractivity contribution in [1.82, 2.24) is 4.90 Å². The van der Waals surface area contributed by atoms with Crippen molar-refractivity contribution in [2.45, 2.75) is 35.4 Å². The van der Waals surface area contributed by atoms with Crippen LogP contribution in [-0.2, 0) is 14.6 Å². The van der Waals surface area contributed by atoms with Gasteiger partial charge in [0.1, 0.15) is 0 Å². The molecule has 2 N–H and O–H groups in total. The van der Waals surface area contributed by atoms with Crippen LogP contribution in [0.2, 0.25) is 0 Å². The largest absolute Gasteiger partial charge is 0.481 e. The number of amides is 1. The van der Waals surface area contributed by atoms with Crippen LogP contribution in [0.3, 0.4) is 0 Å². The van der Waals surface area contributed by atoms with Crippen molar-refractivity contribution >= 4 is 27.6 Å². The van der Waals surface area contributed by atoms with E-state index in [9.17, 15) is 38.3 Å². The molecule has 26 heavy (non-hydrogen) atoms. The molecule has 1 saturated heterocycles. The lowest BCUT2D eigenvalue weighted by molar-refractivity contribution is -0.385. The number of non-ortho nitro benzene ring substituents is 1. The van der Waals surface area contributed by atoms with Gasteiger partial charge in [-0.3, -0.25) is 14.9 Å². The van der Waals surface area contributed by atoms with Crippen molar-refractivity contribution in [3.63, 3.8) is 0 Å². The number of nitro groups is 1. The molecule has 10 nitrogen and oxygen atoms in total. The molecule has 0 aromatic heterocycles. The lowest BCUT2D eigenvalue weighted by Crippen LogP contribution is -2.33. The number of nitrogens with zero attached hydrogens (tertiary/aromatic N) is 2. The van der Waals surface area contributed by atoms with Crippen LogP contribution < -0.4 is 0 Å². The number of hydrogen-bond donors (Lipinski definition) is 2. The zero-order chi connectivity index (χ0) is 19.2. The number of benzene rings is 1. The highest BCUT2D eigenvalue weighted by molar-refractivity contribution is 7.92. The van der Waals surface area contributed by atoms with Crippen LogP contribution in [0.25, 0.3) is 0 Å². The average Bonchev–Trinajstić information content (AvgIpc) is 3.32. The summed E-state index contributed by atoms with van der Waals surface area (Å²) in [6, 6.07) is 1.80. The van der Waals surface area contributed by atoms with E-state index in [0.717, 1.165) is 23.1 Å². The highest BCUT2D eigenvalue weighted by atomic mass is 32.2. The third-order valence-corrected chi connectivity index (χ3v) is 7.09. The molecule has 0 spiro atoms. The lowest BCUT2D eigenvalue weighted by Gasteiger charge is -2.26. The highest BCUT2D eigenvalue weighted by Crippen LogP contribution is 2.44. The minimum absolute atomic E-state index is 0.00208. The molecule has 2 aliphatic rings. The van der Waals surface area contributed by atoms with E-state index in [1.54, 1.807) is 0 Å². The van der Waals surface area contributed by atoms with Gasteiger partial charge in [0.05, 0.1) is 27.0 Å². The number of nitro benzene ring substituents is 1. The summed E-state index contributed by atoms with van der Waals surface area (Å²) in [5.74, 6) is -2.46. The second-order valence-corrected chi connectivity index (χ2v) is 8.57. The fourth-order valence-corrected chi connectivity index (χ4v) is 5.23. The summed E-state index contributed by atoms with van der Waals surface area (Å²) in [6.45, 7) is -0.0947. The number of aliphatic carboxylic acids is 1. The Kier molecular flexibility index (Phi) is 4.34. The zero-order valence-corrected chi connectivity index (χ0v) is 14.3. The highest BCUT2D eigenvalue weighted by Gasteiger charge is 2.46. The molecule has 1 saturated carbocycles. The van der Waals surface area contributed by atoms with Gasteiger partial charge in [-0.25, -0.2) is 13.2 Å². The van der Waals surface area contributed by atoms with Crippen molar-refractivity contribution in [2.24, 2.45) is 5.92 Å². The van der Waals surface area contributed by atoms with Gasteiger partial charge in [0, 0.05) is 24.2 Å². The Morgan fingerprint density at radius 1 is 1.19 bits per heavy atom. The summed E-state index contributed by atoms with van der Waals surface area (Å²) in [7, 11) is -3.81. The van der Waals surface area contributed by atoms with Crippen LogP contribution in [-0.4, -0.2) is 52.3 Å². The standard InChI is InChI=1S/C15H16N2O8S/c18-14(19)10-5-6-16(15(20)21)13(10)11-7-8(17(22)23)1-4-12(11)26(24,25)9-2-3-9/h1,4,7,9-10,13H,2-3,5-6H2,(H,18,19)(H,20,21)/t10-,13+/m0/s1. The molecule has 3 rings (SSSR count). The summed E-state index contributed by atoms with van der Waals surface area (Å²) in [5.41, 5.74) is -0.561. The van der Waals surface area contributed by atoms with E-state index in [2.05, 4.69) is 0 Å². The summed E-state index contributed by atoms with van der Waals surface area (Å²) in [5, 5.41) is 29.3. The third kappa shape index (κ3) is 2.98. The topological polar surface area (TPSA) is 155 Å². The Labute approximate surface area is 148 Å². The molecule has 2 fully saturated rings. The van der Waals surface area contributed by atoms with Gasteiger partial charge in [-0.05, 0) is 25.3 Å². The SMILES string of the molecule is O=C(O)[C@H]1CCN(C(=O)O)[C@H]1c1cc([N+](=O)[O-])ccc1S(=O)(=O)C1CC1. The molecule has 1 aromatic carbocycles. The number of carboxylic acid groups (broad SMARTS) is 2. The molecular formula is C15H16N2O8S. The summed E-state index contributed by atoms with van der Waals surface area (Å²) >= 11 is 0. The van der Waals surface area contributed by atoms with Crippen molar-refractivity contribution < 1.29 is 33.1 Å². The van der Waals surface area contributed by atoms with Crippen molar-refractivity contribution in [1.29, 1.82) is 0 Å². The average molecular weight is 384 g/mol. The first kappa shape index (κ1) is 18.1. The van der Waals surface area contributed by atoms with Gasteiger partial charge in [-0.2, -0.15) is 0 Å². The number of rotatable bonds is 5. The van der Waals surface area contributed by atoms with Crippen LogP contribution in [0.1, 0.15) is 30.9 Å². The Bertz CT molecular complexity index is 871. The van der Waals surface area contributed by atoms with Gasteiger partial charge in [0.25, 0.3) is 5.69 Å². The minimum Gasteiger partial charge on any atom is -0.481 e. The first-order chi connectivity index (χ1) is 12.1. The van der Waals surface area contributed by atoms with Crippen LogP contribution in [0.15, 0.2) is 23.1 Å². The third-order valence-electron chi connectivity index (χ3n) is 4.75. The predicted molar refractivity (Wildman–Crippen MR) is 86.5 cm³/mol. The van der Waals surface area contributed by atoms with E-state index >= 15 is 0 Å². The van der Waals surface area contributed by atoms with E-state index in [1.807, 2.05) is 0 Å². The fraction of sp³-hybridized carbons (Fsp3) is 0.467. The molecule has 0 bridgehead atoms. The van der Waals surface area contributed by atoms with Gasteiger partial charge >= 0.3 is 12.1 Å². The van der Waals surface area contributed by atoms with Crippen LogP contribution in [0, 0.1) is 16.0 Å². The second kappa shape index (κ2) is 6.24. The molecule has 1 heterocycles. The number of sulfone groups is 1. The number of carboxylic acids is 1. The minimum atomic E-state index is -3.81. The quantitative estimate of drug-likeness (QED) is 0.573. The van der Waals surface area contributed by atoms with Crippen LogP contribution in [0.5, 0.6) is 0 Å². The monoisotopic (exact) mass is 384 g/mol. The summed E-state index contributed by atoms with van der Waals surface area (Å²) in [6.07, 6.45) is -0.499. The maximum atomic E-state index is 12.7. The van der Waals surface area contributed by atoms with E-state index in [4.69, 9.17) is 0 Å². The first-order valence-electron chi connectivity index (χ1n) is 7.89. The Morgan fingerprint density at radius 2 is 1.85 bits per heavy atom. The molecular weight excluding hydrogens is 368 g/mol. The van der Waals surface area contributed by atoms with Gasteiger partial charge in [-0.15, -0.1) is 0 Å². The van der Waals surface area contributed by atoms with Gasteiger partial charge in [0.15, 0.2) is 9.84 Å². The van der Waals surface area contributed by atoms with Gasteiger partial charge in [-0.1, -0.05) is 0 Å². The summed E-state index contributed by atoms with van der Waals surface area (Å²) in [4.78, 5) is 34.1. The second-order valence-electron chi connectivity index (χ2n) is 6.38. The molecule has 2 atom stereocenters. The molecule has 140 valence electrons. The maximum Gasteiger partial charge on any atom is 0.407 e. The molecule has 0 radical (unpaired) electrons. The molecule has 1 aliphatic carbocycles. The number of likely N-dealkylation sites (tertiary alicyclic amines) is 1. The number of carbonyl (C=O) groups is 2. The lowest BCUT2D eigenvalue weighted by atomic mass is 9.93. The molecule has 1 aromatic rings. The van der Waals surface area contributed by atoms with E-state index in [0.29, 0.717) is 12.8 Å². The predicted octanol–water partition coefficient (Wildman–Crippen LogP) is 1.66. The number of hydrogen-bond acceptors (Lipinski definition) is 6. The van der Waals surface area contributed by atoms with E-state index < -0.39 is 49.7 Å².